The molecule has 2 heterocycles. The van der Waals surface area contributed by atoms with Gasteiger partial charge in [-0.1, -0.05) is 28.9 Å². The minimum absolute atomic E-state index is 0.102. The lowest BCUT2D eigenvalue weighted by molar-refractivity contribution is -0.274. The average molecular weight is 550 g/mol. The Hall–Kier alpha value is -3.85. The molecule has 0 unspecified atom stereocenters. The number of rotatable bonds is 7. The summed E-state index contributed by atoms with van der Waals surface area (Å²) in [4.78, 5) is 16.9. The highest BCUT2D eigenvalue weighted by Crippen LogP contribution is 2.27. The predicted molar refractivity (Wildman–Crippen MR) is 115 cm³/mol. The molecular formula is C21H14ClF6N5O4. The summed E-state index contributed by atoms with van der Waals surface area (Å²) >= 11 is 5.85. The summed E-state index contributed by atoms with van der Waals surface area (Å²) < 4.78 is 86.7. The van der Waals surface area contributed by atoms with Crippen LogP contribution in [0.15, 0.2) is 57.8 Å². The Morgan fingerprint density at radius 2 is 1.76 bits per heavy atom. The van der Waals surface area contributed by atoms with Gasteiger partial charge < -0.3 is 14.4 Å². The second kappa shape index (κ2) is 9.89. The summed E-state index contributed by atoms with van der Waals surface area (Å²) in [5.41, 5.74) is -0.680. The number of halogens is 7. The Kier molecular flexibility index (Phi) is 7.01. The SMILES string of the molecule is O=c1n(Cc2nc(-c3cccc(OC(F)(F)F)c3)no2)nc(-c2ccc(Cl)cc2)n1C[C@H](O)C(F)(F)F. The fraction of sp³-hybridized carbons (Fsp3) is 0.238. The van der Waals surface area contributed by atoms with Gasteiger partial charge in [-0.25, -0.2) is 9.48 Å². The summed E-state index contributed by atoms with van der Waals surface area (Å²) in [6.07, 6.45) is -12.8. The number of ether oxygens (including phenoxy) is 1. The van der Waals surface area contributed by atoms with E-state index in [1.54, 1.807) is 0 Å². The summed E-state index contributed by atoms with van der Waals surface area (Å²) in [6.45, 7) is -1.62. The van der Waals surface area contributed by atoms with Crippen molar-refractivity contribution in [3.8, 4) is 28.5 Å². The van der Waals surface area contributed by atoms with Gasteiger partial charge in [-0.3, -0.25) is 4.57 Å². The largest absolute Gasteiger partial charge is 0.573 e. The number of alkyl halides is 6. The van der Waals surface area contributed by atoms with Gasteiger partial charge in [-0.05, 0) is 36.4 Å². The molecule has 1 N–H and O–H groups in total. The van der Waals surface area contributed by atoms with Gasteiger partial charge in [0.25, 0.3) is 0 Å². The molecule has 9 nitrogen and oxygen atoms in total. The number of nitrogens with zero attached hydrogens (tertiary/aromatic N) is 5. The van der Waals surface area contributed by atoms with Gasteiger partial charge in [-0.15, -0.1) is 18.3 Å². The first kappa shape index (κ1) is 26.2. The molecule has 16 heteroatoms. The van der Waals surface area contributed by atoms with Crippen molar-refractivity contribution in [2.75, 3.05) is 0 Å². The lowest BCUT2D eigenvalue weighted by atomic mass is 10.2. The average Bonchev–Trinajstić information content (AvgIpc) is 3.39. The Morgan fingerprint density at radius 3 is 2.41 bits per heavy atom. The first-order valence-electron chi connectivity index (χ1n) is 10.2. The molecule has 0 radical (unpaired) electrons. The minimum Gasteiger partial charge on any atom is -0.406 e. The van der Waals surface area contributed by atoms with Crippen molar-refractivity contribution in [3.63, 3.8) is 0 Å². The van der Waals surface area contributed by atoms with Crippen LogP contribution in [0.25, 0.3) is 22.8 Å². The van der Waals surface area contributed by atoms with Crippen molar-refractivity contribution in [3.05, 3.63) is 69.9 Å². The fourth-order valence-corrected chi connectivity index (χ4v) is 3.32. The lowest BCUT2D eigenvalue weighted by Gasteiger charge is -2.15. The van der Waals surface area contributed by atoms with Gasteiger partial charge in [0.15, 0.2) is 11.9 Å². The molecule has 0 spiro atoms. The van der Waals surface area contributed by atoms with Crippen LogP contribution in [0.5, 0.6) is 5.75 Å². The van der Waals surface area contributed by atoms with Crippen molar-refractivity contribution in [1.82, 2.24) is 24.5 Å². The highest BCUT2D eigenvalue weighted by atomic mass is 35.5. The zero-order valence-electron chi connectivity index (χ0n) is 18.2. The van der Waals surface area contributed by atoms with E-state index < -0.39 is 43.2 Å². The maximum atomic E-state index is 13.0. The summed E-state index contributed by atoms with van der Waals surface area (Å²) in [5.74, 6) is -1.08. The normalized spacial score (nSPS) is 13.1. The molecule has 0 saturated heterocycles. The van der Waals surface area contributed by atoms with Gasteiger partial charge in [-0.2, -0.15) is 18.2 Å². The van der Waals surface area contributed by atoms with E-state index in [0.29, 0.717) is 9.59 Å². The molecular weight excluding hydrogens is 536 g/mol. The van der Waals surface area contributed by atoms with Crippen LogP contribution in [0.2, 0.25) is 5.02 Å². The summed E-state index contributed by atoms with van der Waals surface area (Å²) in [7, 11) is 0. The summed E-state index contributed by atoms with van der Waals surface area (Å²) in [5, 5.41) is 17.6. The van der Waals surface area contributed by atoms with Crippen molar-refractivity contribution >= 4 is 11.6 Å². The molecule has 0 bridgehead atoms. The topological polar surface area (TPSA) is 108 Å². The molecule has 4 rings (SSSR count). The molecule has 0 aliphatic rings. The second-order valence-corrected chi connectivity index (χ2v) is 7.96. The summed E-state index contributed by atoms with van der Waals surface area (Å²) in [6, 6.07) is 10.5. The van der Waals surface area contributed by atoms with E-state index in [4.69, 9.17) is 16.1 Å². The van der Waals surface area contributed by atoms with E-state index in [1.165, 1.54) is 36.4 Å². The molecule has 37 heavy (non-hydrogen) atoms. The van der Waals surface area contributed by atoms with Gasteiger partial charge >= 0.3 is 18.2 Å². The smallest absolute Gasteiger partial charge is 0.406 e. The van der Waals surface area contributed by atoms with Crippen LogP contribution in [-0.4, -0.2) is 48.2 Å². The minimum atomic E-state index is -5.00. The molecule has 0 saturated carbocycles. The number of aliphatic hydroxyl groups excluding tert-OH is 1. The van der Waals surface area contributed by atoms with Gasteiger partial charge in [0, 0.05) is 16.1 Å². The maximum absolute atomic E-state index is 13.0. The van der Waals surface area contributed by atoms with Crippen LogP contribution in [0.4, 0.5) is 26.3 Å². The first-order valence-corrected chi connectivity index (χ1v) is 10.5. The quantitative estimate of drug-likeness (QED) is 0.343. The van der Waals surface area contributed by atoms with E-state index >= 15 is 0 Å². The molecule has 0 fully saturated rings. The van der Waals surface area contributed by atoms with Crippen LogP contribution in [0, 0.1) is 0 Å². The Morgan fingerprint density at radius 1 is 1.05 bits per heavy atom. The van der Waals surface area contributed by atoms with E-state index in [0.717, 1.165) is 16.8 Å². The van der Waals surface area contributed by atoms with Crippen LogP contribution in [0.3, 0.4) is 0 Å². The molecule has 196 valence electrons. The third-order valence-corrected chi connectivity index (χ3v) is 5.09. The van der Waals surface area contributed by atoms with Crippen molar-refractivity contribution in [2.45, 2.75) is 31.7 Å². The van der Waals surface area contributed by atoms with Crippen LogP contribution < -0.4 is 10.4 Å². The molecule has 2 aromatic carbocycles. The third kappa shape index (κ3) is 6.29. The monoisotopic (exact) mass is 549 g/mol. The zero-order valence-corrected chi connectivity index (χ0v) is 18.9. The van der Waals surface area contributed by atoms with E-state index in [2.05, 4.69) is 20.0 Å². The third-order valence-electron chi connectivity index (χ3n) is 4.84. The Labute approximate surface area is 207 Å². The Bertz CT molecular complexity index is 1450. The predicted octanol–water partition coefficient (Wildman–Crippen LogP) is 4.29. The maximum Gasteiger partial charge on any atom is 0.573 e. The lowest BCUT2D eigenvalue weighted by Crippen LogP contribution is -2.37. The van der Waals surface area contributed by atoms with E-state index in [9.17, 15) is 36.2 Å². The van der Waals surface area contributed by atoms with E-state index in [-0.39, 0.29) is 28.7 Å². The Balaban J connectivity index is 1.65. The van der Waals surface area contributed by atoms with Crippen LogP contribution in [0.1, 0.15) is 5.89 Å². The van der Waals surface area contributed by atoms with E-state index in [1.807, 2.05) is 0 Å². The highest BCUT2D eigenvalue weighted by Gasteiger charge is 2.39. The van der Waals surface area contributed by atoms with Crippen LogP contribution in [-0.2, 0) is 13.1 Å². The zero-order chi connectivity index (χ0) is 27.0. The fourth-order valence-electron chi connectivity index (χ4n) is 3.19. The van der Waals surface area contributed by atoms with Gasteiger partial charge in [0.05, 0.1) is 6.54 Å². The van der Waals surface area contributed by atoms with Crippen molar-refractivity contribution in [1.29, 1.82) is 0 Å². The number of benzene rings is 2. The number of aliphatic hydroxyl groups is 1. The molecule has 0 aliphatic heterocycles. The number of hydrogen-bond acceptors (Lipinski definition) is 7. The molecule has 1 atom stereocenters. The second-order valence-electron chi connectivity index (χ2n) is 7.53. The van der Waals surface area contributed by atoms with Crippen LogP contribution >= 0.6 is 11.6 Å². The molecule has 4 aromatic rings. The van der Waals surface area contributed by atoms with Crippen molar-refractivity contribution in [2.24, 2.45) is 0 Å². The van der Waals surface area contributed by atoms with Gasteiger partial charge in [0.2, 0.25) is 11.7 Å². The number of aromatic nitrogens is 5. The van der Waals surface area contributed by atoms with Gasteiger partial charge in [0.1, 0.15) is 12.3 Å². The molecule has 0 amide bonds. The van der Waals surface area contributed by atoms with Crippen molar-refractivity contribution < 1.29 is 40.7 Å². The highest BCUT2D eigenvalue weighted by molar-refractivity contribution is 6.30. The number of hydrogen-bond donors (Lipinski definition) is 1. The molecule has 0 aliphatic carbocycles. The molecule has 2 aromatic heterocycles. The first-order chi connectivity index (χ1) is 17.3. The standard InChI is InChI=1S/C21H14ClF6N5O4/c22-13-6-4-11(5-7-13)18-30-33(19(35)32(18)9-15(34)20(23,24)25)10-16-29-17(31-37-16)12-2-1-3-14(8-12)36-21(26,27)28/h1-8,15,34H,9-10H2/t15-/m0/s1.